The molecule has 1 aliphatic carbocycles. The molecule has 5 heteroatoms. The number of benzene rings is 1. The normalized spacial score (nSPS) is 14.9. The summed E-state index contributed by atoms with van der Waals surface area (Å²) >= 11 is 0. The molecule has 5 N–H and O–H groups in total. The molecule has 0 radical (unpaired) electrons. The fourth-order valence-electron chi connectivity index (χ4n) is 1.88. The van der Waals surface area contributed by atoms with Crippen LogP contribution in [0.4, 0.5) is 5.69 Å². The van der Waals surface area contributed by atoms with Gasteiger partial charge in [-0.15, -0.1) is 0 Å². The van der Waals surface area contributed by atoms with E-state index < -0.39 is 5.91 Å². The predicted molar refractivity (Wildman–Crippen MR) is 72.4 cm³/mol. The van der Waals surface area contributed by atoms with E-state index in [0.29, 0.717) is 12.1 Å². The third kappa shape index (κ3) is 2.83. The van der Waals surface area contributed by atoms with E-state index in [9.17, 15) is 9.90 Å². The quantitative estimate of drug-likeness (QED) is 0.624. The van der Waals surface area contributed by atoms with Crippen molar-refractivity contribution in [2.75, 3.05) is 5.48 Å². The molecule has 0 unspecified atom stereocenters. The Morgan fingerprint density at radius 3 is 2.79 bits per heavy atom. The van der Waals surface area contributed by atoms with Gasteiger partial charge in [0.2, 0.25) is 0 Å². The van der Waals surface area contributed by atoms with Crippen LogP contribution >= 0.6 is 0 Å². The zero-order chi connectivity index (χ0) is 13.8. The second kappa shape index (κ2) is 5.41. The molecule has 1 amide bonds. The highest BCUT2D eigenvalue weighted by molar-refractivity contribution is 5.96. The van der Waals surface area contributed by atoms with Gasteiger partial charge >= 0.3 is 0 Å². The average Bonchev–Trinajstić information content (AvgIpc) is 2.61. The van der Waals surface area contributed by atoms with E-state index in [2.05, 4.69) is 5.48 Å². The van der Waals surface area contributed by atoms with Gasteiger partial charge in [-0.05, 0) is 35.8 Å². The lowest BCUT2D eigenvalue weighted by Crippen LogP contribution is -2.15. The molecule has 0 saturated carbocycles. The third-order valence-electron chi connectivity index (χ3n) is 2.87. The first-order chi connectivity index (χ1) is 9.11. The number of aliphatic hydroxyl groups is 1. The van der Waals surface area contributed by atoms with E-state index in [1.807, 2.05) is 6.07 Å². The Balaban J connectivity index is 2.35. The Morgan fingerprint density at radius 2 is 2.11 bits per heavy atom. The van der Waals surface area contributed by atoms with E-state index in [4.69, 9.17) is 10.9 Å². The lowest BCUT2D eigenvalue weighted by atomic mass is 10.0. The van der Waals surface area contributed by atoms with Gasteiger partial charge in [-0.1, -0.05) is 24.3 Å². The number of hydrogen-bond acceptors (Lipinski definition) is 4. The standard InChI is InChI=1S/C14H14N2O3/c15-14(18)12-6-4-9(5-7-13(12)17)10-2-1-3-11(8-10)16-19/h1-3,5-8,16-17,19H,4H2,(H2,15,18). The molecule has 0 aliphatic heterocycles. The number of primary amides is 1. The number of carbonyl (C=O) groups excluding carboxylic acids is 1. The maximum Gasteiger partial charge on any atom is 0.252 e. The molecule has 19 heavy (non-hydrogen) atoms. The SMILES string of the molecule is NC(=O)C1=CCC(c2cccc(NO)c2)=CC=C1O. The van der Waals surface area contributed by atoms with Crippen LogP contribution in [0, 0.1) is 0 Å². The highest BCUT2D eigenvalue weighted by Crippen LogP contribution is 2.26. The summed E-state index contributed by atoms with van der Waals surface area (Å²) in [5, 5.41) is 18.6. The minimum atomic E-state index is -0.658. The van der Waals surface area contributed by atoms with Crippen LogP contribution in [0.25, 0.3) is 5.57 Å². The van der Waals surface area contributed by atoms with Gasteiger partial charge in [-0.2, -0.15) is 0 Å². The number of aliphatic hydroxyl groups excluding tert-OH is 1. The van der Waals surface area contributed by atoms with E-state index >= 15 is 0 Å². The molecule has 0 bridgehead atoms. The molecule has 0 spiro atoms. The Morgan fingerprint density at radius 1 is 1.32 bits per heavy atom. The van der Waals surface area contributed by atoms with E-state index in [0.717, 1.165) is 11.1 Å². The largest absolute Gasteiger partial charge is 0.507 e. The lowest BCUT2D eigenvalue weighted by molar-refractivity contribution is -0.114. The van der Waals surface area contributed by atoms with Gasteiger partial charge in [0.1, 0.15) is 5.76 Å². The number of nitrogens with one attached hydrogen (secondary N) is 1. The van der Waals surface area contributed by atoms with Gasteiger partial charge in [-0.25, -0.2) is 0 Å². The topological polar surface area (TPSA) is 95.6 Å². The summed E-state index contributed by atoms with van der Waals surface area (Å²) < 4.78 is 0. The van der Waals surface area contributed by atoms with Crippen molar-refractivity contribution in [1.29, 1.82) is 0 Å². The zero-order valence-electron chi connectivity index (χ0n) is 10.1. The number of amides is 1. The van der Waals surface area contributed by atoms with Crippen LogP contribution in [0.15, 0.2) is 53.8 Å². The Labute approximate surface area is 110 Å². The van der Waals surface area contributed by atoms with Crippen LogP contribution in [-0.2, 0) is 4.79 Å². The first-order valence-electron chi connectivity index (χ1n) is 5.72. The Hall–Kier alpha value is -2.53. The molecule has 1 aromatic rings. The van der Waals surface area contributed by atoms with Crippen molar-refractivity contribution in [2.45, 2.75) is 6.42 Å². The smallest absolute Gasteiger partial charge is 0.252 e. The van der Waals surface area contributed by atoms with Crippen molar-refractivity contribution in [3.05, 3.63) is 59.4 Å². The van der Waals surface area contributed by atoms with Gasteiger partial charge in [0.25, 0.3) is 5.91 Å². The highest BCUT2D eigenvalue weighted by Gasteiger charge is 2.13. The van der Waals surface area contributed by atoms with Crippen LogP contribution in [0.1, 0.15) is 12.0 Å². The fraction of sp³-hybridized carbons (Fsp3) is 0.0714. The summed E-state index contributed by atoms with van der Waals surface area (Å²) in [4.78, 5) is 11.1. The minimum Gasteiger partial charge on any atom is -0.507 e. The molecule has 0 fully saturated rings. The Bertz CT molecular complexity index is 600. The maximum absolute atomic E-state index is 11.1. The minimum absolute atomic E-state index is 0.114. The summed E-state index contributed by atoms with van der Waals surface area (Å²) in [6.45, 7) is 0. The van der Waals surface area contributed by atoms with Crippen molar-refractivity contribution < 1.29 is 15.1 Å². The van der Waals surface area contributed by atoms with Crippen LogP contribution in [0.5, 0.6) is 0 Å². The number of hydrogen-bond donors (Lipinski definition) is 4. The van der Waals surface area contributed by atoms with E-state index in [1.165, 1.54) is 6.08 Å². The van der Waals surface area contributed by atoms with Crippen molar-refractivity contribution in [2.24, 2.45) is 5.73 Å². The highest BCUT2D eigenvalue weighted by atomic mass is 16.5. The third-order valence-corrected chi connectivity index (χ3v) is 2.87. The summed E-state index contributed by atoms with van der Waals surface area (Å²) in [7, 11) is 0. The average molecular weight is 258 g/mol. The van der Waals surface area contributed by atoms with Crippen molar-refractivity contribution in [3.63, 3.8) is 0 Å². The van der Waals surface area contributed by atoms with Gasteiger partial charge in [0.05, 0.1) is 11.3 Å². The van der Waals surface area contributed by atoms with Gasteiger partial charge in [0, 0.05) is 0 Å². The van der Waals surface area contributed by atoms with Crippen LogP contribution in [0.3, 0.4) is 0 Å². The zero-order valence-corrected chi connectivity index (χ0v) is 10.1. The number of anilines is 1. The number of carbonyl (C=O) groups is 1. The molecule has 0 aromatic heterocycles. The predicted octanol–water partition coefficient (Wildman–Crippen LogP) is 2.13. The van der Waals surface area contributed by atoms with E-state index in [1.54, 1.807) is 30.4 Å². The summed E-state index contributed by atoms with van der Waals surface area (Å²) in [5.41, 5.74) is 9.72. The molecule has 98 valence electrons. The van der Waals surface area contributed by atoms with Crippen LogP contribution < -0.4 is 11.2 Å². The Kier molecular flexibility index (Phi) is 3.68. The molecule has 5 nitrogen and oxygen atoms in total. The van der Waals surface area contributed by atoms with Gasteiger partial charge < -0.3 is 10.8 Å². The second-order valence-corrected chi connectivity index (χ2v) is 4.12. The molecule has 1 aliphatic rings. The van der Waals surface area contributed by atoms with Crippen molar-refractivity contribution >= 4 is 17.2 Å². The molecule has 0 saturated heterocycles. The summed E-state index contributed by atoms with van der Waals surface area (Å²) in [6, 6.07) is 7.15. The number of allylic oxidation sites excluding steroid dienone is 4. The molecule has 0 atom stereocenters. The van der Waals surface area contributed by atoms with Crippen molar-refractivity contribution in [1.82, 2.24) is 0 Å². The molecular formula is C14H14N2O3. The molecule has 2 rings (SSSR count). The molecule has 0 heterocycles. The first-order valence-corrected chi connectivity index (χ1v) is 5.72. The molecule has 1 aromatic carbocycles. The second-order valence-electron chi connectivity index (χ2n) is 4.12. The molecular weight excluding hydrogens is 244 g/mol. The fourth-order valence-corrected chi connectivity index (χ4v) is 1.88. The van der Waals surface area contributed by atoms with Gasteiger partial charge in [-0.3, -0.25) is 15.5 Å². The summed E-state index contributed by atoms with van der Waals surface area (Å²) in [6.07, 6.45) is 5.22. The van der Waals surface area contributed by atoms with Crippen molar-refractivity contribution in [3.8, 4) is 0 Å². The van der Waals surface area contributed by atoms with Crippen LogP contribution in [0.2, 0.25) is 0 Å². The van der Waals surface area contributed by atoms with Gasteiger partial charge in [0.15, 0.2) is 0 Å². The maximum atomic E-state index is 11.1. The number of nitrogens with two attached hydrogens (primary N) is 1. The summed E-state index contributed by atoms with van der Waals surface area (Å²) in [5.74, 6) is -0.798. The van der Waals surface area contributed by atoms with Crippen LogP contribution in [-0.4, -0.2) is 16.2 Å². The lowest BCUT2D eigenvalue weighted by Gasteiger charge is -2.06. The monoisotopic (exact) mass is 258 g/mol. The number of rotatable bonds is 3. The first kappa shape index (κ1) is 12.9. The van der Waals surface area contributed by atoms with E-state index in [-0.39, 0.29) is 11.3 Å².